The van der Waals surface area contributed by atoms with Crippen molar-refractivity contribution in [3.8, 4) is 0 Å². The van der Waals surface area contributed by atoms with Gasteiger partial charge in [-0.25, -0.2) is 14.6 Å². The summed E-state index contributed by atoms with van der Waals surface area (Å²) in [5.74, 6) is -2.64. The molecule has 0 spiro atoms. The highest BCUT2D eigenvalue weighted by Crippen LogP contribution is 2.40. The molecule has 170 valence electrons. The minimum atomic E-state index is -1.33. The molecule has 3 amide bonds. The molecule has 1 aromatic rings. The maximum absolute atomic E-state index is 12.7. The number of likely N-dealkylation sites (tertiary alicyclic amines) is 1. The third-order valence-corrected chi connectivity index (χ3v) is 7.11. The van der Waals surface area contributed by atoms with Crippen LogP contribution in [-0.4, -0.2) is 91.6 Å². The zero-order chi connectivity index (χ0) is 23.0. The second kappa shape index (κ2) is 8.66. The molecule has 32 heavy (non-hydrogen) atoms. The number of thioether (sulfide) groups is 1. The topological polar surface area (TPSA) is 188 Å². The molecule has 3 aliphatic rings. The van der Waals surface area contributed by atoms with E-state index in [4.69, 9.17) is 10.5 Å². The Hall–Kier alpha value is -3.33. The van der Waals surface area contributed by atoms with E-state index in [2.05, 4.69) is 15.5 Å². The number of carbonyl (C=O) groups excluding carboxylic acids is 3. The lowest BCUT2D eigenvalue weighted by Crippen LogP contribution is -2.71. The summed E-state index contributed by atoms with van der Waals surface area (Å²) in [5.41, 5.74) is 5.19. The molecule has 2 saturated heterocycles. The number of nitrogens with two attached hydrogens (primary N) is 1. The molecule has 1 aromatic heterocycles. The summed E-state index contributed by atoms with van der Waals surface area (Å²) in [6.07, 6.45) is 0.364. The number of carboxylic acid groups (broad SMARTS) is 1. The van der Waals surface area contributed by atoms with E-state index in [0.29, 0.717) is 18.7 Å². The molecular formula is C17H18N6O7S2. The molecule has 0 radical (unpaired) electrons. The number of nitrogen functional groups attached to an aromatic ring is 1. The summed E-state index contributed by atoms with van der Waals surface area (Å²) in [5, 5.41) is 25.2. The van der Waals surface area contributed by atoms with Gasteiger partial charge in [0.1, 0.15) is 29.4 Å². The van der Waals surface area contributed by atoms with Crippen molar-refractivity contribution in [1.82, 2.24) is 20.1 Å². The Bertz CT molecular complexity index is 1050. The Labute approximate surface area is 188 Å². The zero-order valence-corrected chi connectivity index (χ0v) is 18.0. The molecule has 0 saturated carbocycles. The number of amides is 3. The molecule has 1 unspecified atom stereocenters. The van der Waals surface area contributed by atoms with Gasteiger partial charge < -0.3 is 31.0 Å². The van der Waals surface area contributed by atoms with Crippen LogP contribution >= 0.6 is 23.1 Å². The lowest BCUT2D eigenvalue weighted by molar-refractivity contribution is -0.150. The highest BCUT2D eigenvalue weighted by Gasteiger charge is 2.54. The molecule has 3 aliphatic heterocycles. The summed E-state index contributed by atoms with van der Waals surface area (Å²) < 4.78 is 5.18. The van der Waals surface area contributed by atoms with Gasteiger partial charge in [0.2, 0.25) is 0 Å². The molecule has 4 rings (SSSR count). The number of nitrogens with one attached hydrogen (secondary N) is 1. The number of fused-ring (bicyclic) bond motifs is 1. The Balaban J connectivity index is 1.45. The van der Waals surface area contributed by atoms with Gasteiger partial charge in [-0.05, 0) is 6.42 Å². The molecule has 0 bridgehead atoms. The summed E-state index contributed by atoms with van der Waals surface area (Å²) in [6.45, 7) is 0.947. The van der Waals surface area contributed by atoms with Gasteiger partial charge in [-0.1, -0.05) is 5.16 Å². The van der Waals surface area contributed by atoms with Gasteiger partial charge in [0, 0.05) is 29.8 Å². The smallest absolute Gasteiger partial charge is 0.410 e. The summed E-state index contributed by atoms with van der Waals surface area (Å²) in [6, 6.07) is -1.03. The summed E-state index contributed by atoms with van der Waals surface area (Å²) in [7, 11) is 0. The van der Waals surface area contributed by atoms with Crippen LogP contribution in [0.15, 0.2) is 21.8 Å². The van der Waals surface area contributed by atoms with Crippen LogP contribution in [0.25, 0.3) is 0 Å². The number of nitrogens with zero attached hydrogens (tertiary/aromatic N) is 4. The molecule has 2 atom stereocenters. The van der Waals surface area contributed by atoms with Crippen molar-refractivity contribution in [2.75, 3.05) is 31.2 Å². The average molecular weight is 483 g/mol. The largest absolute Gasteiger partial charge is 0.477 e. The van der Waals surface area contributed by atoms with E-state index < -0.39 is 41.0 Å². The number of β-lactam (4-membered cyclic amide) rings is 1. The highest BCUT2D eigenvalue weighted by atomic mass is 32.2. The van der Waals surface area contributed by atoms with Crippen molar-refractivity contribution in [3.63, 3.8) is 0 Å². The van der Waals surface area contributed by atoms with Crippen molar-refractivity contribution in [3.05, 3.63) is 22.3 Å². The first-order valence-electron chi connectivity index (χ1n) is 9.37. The Morgan fingerprint density at radius 3 is 2.69 bits per heavy atom. The number of rotatable bonds is 6. The van der Waals surface area contributed by atoms with E-state index in [0.717, 1.165) is 22.7 Å². The average Bonchev–Trinajstić information content (AvgIpc) is 3.14. The summed E-state index contributed by atoms with van der Waals surface area (Å²) >= 11 is 2.27. The van der Waals surface area contributed by atoms with Gasteiger partial charge in [0.25, 0.3) is 11.8 Å². The van der Waals surface area contributed by atoms with Gasteiger partial charge in [-0.2, -0.15) is 0 Å². The lowest BCUT2D eigenvalue weighted by Gasteiger charge is -2.49. The number of carboxylic acids is 1. The molecule has 4 heterocycles. The molecule has 5 N–H and O–H groups in total. The van der Waals surface area contributed by atoms with Gasteiger partial charge in [0.15, 0.2) is 10.8 Å². The minimum Gasteiger partial charge on any atom is -0.477 e. The molecule has 0 aromatic carbocycles. The van der Waals surface area contributed by atoms with E-state index in [1.165, 1.54) is 22.0 Å². The number of thiazole rings is 1. The normalized spacial score (nSPS) is 22.6. The molecular weight excluding hydrogens is 464 g/mol. The molecule has 15 heteroatoms. The summed E-state index contributed by atoms with van der Waals surface area (Å²) in [4.78, 5) is 55.4. The monoisotopic (exact) mass is 482 g/mol. The first kappa shape index (κ1) is 21.9. The van der Waals surface area contributed by atoms with E-state index in [1.807, 2.05) is 0 Å². The zero-order valence-electron chi connectivity index (χ0n) is 16.4. The fourth-order valence-corrected chi connectivity index (χ4v) is 5.23. The third-order valence-electron chi connectivity index (χ3n) is 5.10. The fourth-order valence-electron chi connectivity index (χ4n) is 3.35. The highest BCUT2D eigenvalue weighted by molar-refractivity contribution is 8.00. The van der Waals surface area contributed by atoms with Crippen LogP contribution in [0.3, 0.4) is 0 Å². The van der Waals surface area contributed by atoms with Crippen LogP contribution in [0.1, 0.15) is 12.1 Å². The lowest BCUT2D eigenvalue weighted by atomic mass is 10.0. The number of oxime groups is 1. The Kier molecular flexibility index (Phi) is 5.92. The second-order valence-corrected chi connectivity index (χ2v) is 9.03. The van der Waals surface area contributed by atoms with Gasteiger partial charge >= 0.3 is 12.1 Å². The predicted octanol–water partition coefficient (Wildman–Crippen LogP) is -0.515. The van der Waals surface area contributed by atoms with E-state index in [1.54, 1.807) is 0 Å². The maximum atomic E-state index is 12.7. The number of ether oxygens (including phenoxy) is 1. The molecule has 2 fully saturated rings. The predicted molar refractivity (Wildman–Crippen MR) is 112 cm³/mol. The van der Waals surface area contributed by atoms with E-state index >= 15 is 0 Å². The third kappa shape index (κ3) is 3.84. The number of aliphatic carboxylic acids is 1. The number of anilines is 1. The standard InChI is InChI=1S/C17H18N6O7S2/c18-16-19-8(6-32-16)9(21-29)12(24)20-10-13(25)23-11(15(26)27)7(5-31-14(10)23)4-30-17(28)22-2-1-3-22/h6,10,14,29H,1-5H2,(H2,18,19)(H,20,24)(H,26,27)/b21-9-/t10?,14-/m0/s1. The number of aromatic nitrogens is 1. The van der Waals surface area contributed by atoms with Crippen molar-refractivity contribution >= 4 is 57.8 Å². The van der Waals surface area contributed by atoms with Crippen LogP contribution in [0.2, 0.25) is 0 Å². The molecule has 13 nitrogen and oxygen atoms in total. The van der Waals surface area contributed by atoms with Crippen LogP contribution in [0.5, 0.6) is 0 Å². The number of hydrogen-bond acceptors (Lipinski definition) is 11. The second-order valence-electron chi connectivity index (χ2n) is 7.03. The van der Waals surface area contributed by atoms with Crippen LogP contribution in [0.4, 0.5) is 9.93 Å². The van der Waals surface area contributed by atoms with Gasteiger partial charge in [-0.15, -0.1) is 23.1 Å². The Morgan fingerprint density at radius 2 is 2.12 bits per heavy atom. The first-order valence-corrected chi connectivity index (χ1v) is 11.3. The van der Waals surface area contributed by atoms with Crippen molar-refractivity contribution in [1.29, 1.82) is 0 Å². The number of hydrogen-bond donors (Lipinski definition) is 4. The van der Waals surface area contributed by atoms with Crippen molar-refractivity contribution in [2.24, 2.45) is 5.16 Å². The van der Waals surface area contributed by atoms with Gasteiger partial charge in [-0.3, -0.25) is 14.5 Å². The van der Waals surface area contributed by atoms with Crippen LogP contribution < -0.4 is 11.1 Å². The fraction of sp³-hybridized carbons (Fsp3) is 0.412. The van der Waals surface area contributed by atoms with Crippen LogP contribution in [0, 0.1) is 0 Å². The van der Waals surface area contributed by atoms with Gasteiger partial charge in [0.05, 0.1) is 0 Å². The molecule has 0 aliphatic carbocycles. The van der Waals surface area contributed by atoms with Crippen LogP contribution in [-0.2, 0) is 19.1 Å². The maximum Gasteiger partial charge on any atom is 0.410 e. The van der Waals surface area contributed by atoms with Crippen molar-refractivity contribution in [2.45, 2.75) is 17.8 Å². The quantitative estimate of drug-likeness (QED) is 0.178. The van der Waals surface area contributed by atoms with E-state index in [9.17, 15) is 29.5 Å². The SMILES string of the molecule is Nc1nc(/C(=N/O)C(=O)NC2C(=O)N3C(C(=O)O)=C(COC(=O)N4CCC4)CS[C@@H]23)cs1. The first-order chi connectivity index (χ1) is 15.3. The minimum absolute atomic E-state index is 0.0462. The van der Waals surface area contributed by atoms with Crippen molar-refractivity contribution < 1.29 is 34.2 Å². The Morgan fingerprint density at radius 1 is 1.38 bits per heavy atom. The number of carbonyl (C=O) groups is 4. The van der Waals surface area contributed by atoms with E-state index in [-0.39, 0.29) is 28.9 Å².